The highest BCUT2D eigenvalue weighted by Crippen LogP contribution is 2.58. The molecule has 6 nitrogen and oxygen atoms in total. The lowest BCUT2D eigenvalue weighted by molar-refractivity contribution is -0.131. The fourth-order valence-corrected chi connectivity index (χ4v) is 12.1. The van der Waals surface area contributed by atoms with Crippen LogP contribution in [0, 0.1) is 83.0 Å². The van der Waals surface area contributed by atoms with Gasteiger partial charge in [0, 0.05) is 58.7 Å². The number of benzene rings is 3. The molecule has 1 amide bonds. The number of fused-ring (bicyclic) bond motifs is 13. The molecule has 3 aromatic heterocycles. The van der Waals surface area contributed by atoms with Crippen LogP contribution in [-0.4, -0.2) is 44.3 Å². The van der Waals surface area contributed by atoms with Crippen molar-refractivity contribution in [1.29, 1.82) is 0 Å². The Balaban J connectivity index is 1.25. The van der Waals surface area contributed by atoms with E-state index in [9.17, 15) is 4.79 Å². The predicted octanol–water partition coefficient (Wildman–Crippen LogP) is 12.2. The SMILES string of the molecule is Cc1cc(C)c(-c2c3nc(c(-c4ccccc4)c4ccc([nH]4)c(-c4c(C)cc(C)cc4C)c4nc(c(C#C[C@@H]5[C@H]6CC[C@@H]5[C@H]5CN(C)C(=O)[C@@H]65)c5ccc2[nH]5)C=C4)C=C3)c(C)c1. The standard InChI is InChI=1S/C56H51N5O/c1-30-25-32(3)50(33(4)26-30)54-46-19-17-42(57-46)40(16-14-37-38-13-15-39(37)53-41(38)29-61(7)56(53)62)43-18-20-47(58-43)55(51-34(5)27-31(2)28-35(51)6)49-24-22-45(60-49)52(36-11-9-8-10-12-36)44-21-23-48(54)59-44/h8-12,17-28,37-39,41,53,57,60H,13,15,29H2,1-7H3/t37-,38-,39+,41+,53-/m0/s1. The number of amides is 1. The first kappa shape index (κ1) is 38.2. The summed E-state index contributed by atoms with van der Waals surface area (Å²) in [5.74, 6) is 9.35. The van der Waals surface area contributed by atoms with E-state index < -0.39 is 0 Å². The Kier molecular flexibility index (Phi) is 8.91. The van der Waals surface area contributed by atoms with Crippen LogP contribution >= 0.6 is 0 Å². The zero-order valence-electron chi connectivity index (χ0n) is 36.6. The van der Waals surface area contributed by atoms with Crippen LogP contribution in [0.25, 0.3) is 79.8 Å². The van der Waals surface area contributed by atoms with E-state index in [2.05, 4.69) is 167 Å². The molecule has 11 rings (SSSR count). The minimum atomic E-state index is 0.101. The quantitative estimate of drug-likeness (QED) is 0.175. The zero-order chi connectivity index (χ0) is 42.6. The van der Waals surface area contributed by atoms with Crippen molar-refractivity contribution < 1.29 is 4.79 Å². The topological polar surface area (TPSA) is 77.7 Å². The molecule has 2 saturated carbocycles. The van der Waals surface area contributed by atoms with Gasteiger partial charge in [-0.05, 0) is 160 Å². The predicted molar refractivity (Wildman–Crippen MR) is 255 cm³/mol. The Labute approximate surface area is 363 Å². The molecule has 1 saturated heterocycles. The third-order valence-corrected chi connectivity index (χ3v) is 14.4. The first-order chi connectivity index (χ1) is 30.0. The molecule has 5 aliphatic rings. The van der Waals surface area contributed by atoms with Crippen LogP contribution in [0.2, 0.25) is 0 Å². The van der Waals surface area contributed by atoms with Crippen LogP contribution in [0.3, 0.4) is 0 Å². The van der Waals surface area contributed by atoms with Gasteiger partial charge in [0.25, 0.3) is 0 Å². The van der Waals surface area contributed by atoms with E-state index in [1.807, 2.05) is 11.9 Å². The van der Waals surface area contributed by atoms with Gasteiger partial charge in [-0.1, -0.05) is 77.6 Å². The van der Waals surface area contributed by atoms with Crippen LogP contribution in [0.5, 0.6) is 0 Å². The molecule has 306 valence electrons. The Hall–Kier alpha value is -6.71. The number of hydrogen-bond donors (Lipinski definition) is 2. The van der Waals surface area contributed by atoms with Gasteiger partial charge in [-0.2, -0.15) is 0 Å². The number of rotatable bonds is 3. The number of aryl methyl sites for hydroxylation is 6. The summed E-state index contributed by atoms with van der Waals surface area (Å²) in [6.45, 7) is 14.0. The van der Waals surface area contributed by atoms with Crippen molar-refractivity contribution in [3.05, 3.63) is 141 Å². The molecule has 3 fully saturated rings. The molecule has 6 heterocycles. The summed E-state index contributed by atoms with van der Waals surface area (Å²) < 4.78 is 0. The number of aromatic nitrogens is 4. The molecule has 5 atom stereocenters. The van der Waals surface area contributed by atoms with E-state index in [1.165, 1.54) is 44.5 Å². The molecular weight excluding hydrogens is 759 g/mol. The molecule has 6 heteroatoms. The zero-order valence-corrected chi connectivity index (χ0v) is 36.6. The lowest BCUT2D eigenvalue weighted by atomic mass is 9.81. The number of nitrogens with zero attached hydrogens (tertiary/aromatic N) is 3. The molecule has 3 aromatic carbocycles. The summed E-state index contributed by atoms with van der Waals surface area (Å²) in [5, 5.41) is 0. The molecule has 0 radical (unpaired) electrons. The van der Waals surface area contributed by atoms with Gasteiger partial charge >= 0.3 is 0 Å². The van der Waals surface area contributed by atoms with E-state index in [-0.39, 0.29) is 11.8 Å². The van der Waals surface area contributed by atoms with Crippen LogP contribution in [-0.2, 0) is 4.79 Å². The van der Waals surface area contributed by atoms with Crippen molar-refractivity contribution >= 4 is 52.3 Å². The van der Waals surface area contributed by atoms with Gasteiger partial charge in [-0.15, -0.1) is 0 Å². The minimum Gasteiger partial charge on any atom is -0.354 e. The highest BCUT2D eigenvalue weighted by Gasteiger charge is 2.60. The Morgan fingerprint density at radius 2 is 1.05 bits per heavy atom. The van der Waals surface area contributed by atoms with Crippen LogP contribution in [0.15, 0.2) is 78.9 Å². The lowest BCUT2D eigenvalue weighted by Gasteiger charge is -2.20. The van der Waals surface area contributed by atoms with Gasteiger partial charge in [-0.25, -0.2) is 9.97 Å². The molecule has 10 bridgehead atoms. The monoisotopic (exact) mass is 809 g/mol. The van der Waals surface area contributed by atoms with E-state index in [1.54, 1.807) is 0 Å². The molecule has 0 unspecified atom stereocenters. The van der Waals surface area contributed by atoms with Crippen LogP contribution in [0.1, 0.15) is 74.6 Å². The lowest BCUT2D eigenvalue weighted by Crippen LogP contribution is -2.27. The summed E-state index contributed by atoms with van der Waals surface area (Å²) in [5.41, 5.74) is 22.1. The van der Waals surface area contributed by atoms with E-state index >= 15 is 0 Å². The van der Waals surface area contributed by atoms with E-state index in [0.717, 1.165) is 92.0 Å². The normalized spacial score (nSPS) is 20.9. The van der Waals surface area contributed by atoms with Crippen molar-refractivity contribution in [1.82, 2.24) is 24.8 Å². The third-order valence-electron chi connectivity index (χ3n) is 14.4. The van der Waals surface area contributed by atoms with Crippen LogP contribution < -0.4 is 0 Å². The number of carbonyl (C=O) groups is 1. The van der Waals surface area contributed by atoms with Gasteiger partial charge in [-0.3, -0.25) is 4.79 Å². The highest BCUT2D eigenvalue weighted by atomic mass is 16.2. The van der Waals surface area contributed by atoms with E-state index in [4.69, 9.17) is 9.97 Å². The highest BCUT2D eigenvalue weighted by molar-refractivity contribution is 5.99. The molecule has 3 aliphatic heterocycles. The average molecular weight is 810 g/mol. The first-order valence-corrected chi connectivity index (χ1v) is 22.2. The second-order valence-electron chi connectivity index (χ2n) is 18.5. The molecule has 0 spiro atoms. The maximum atomic E-state index is 13.4. The molecule has 2 N–H and O–H groups in total. The van der Waals surface area contributed by atoms with Crippen molar-refractivity contribution in [3.63, 3.8) is 0 Å². The van der Waals surface area contributed by atoms with E-state index in [0.29, 0.717) is 23.7 Å². The minimum absolute atomic E-state index is 0.101. The van der Waals surface area contributed by atoms with Gasteiger partial charge in [0.1, 0.15) is 0 Å². The second kappa shape index (κ2) is 14.5. The fraction of sp³-hybridized carbons (Fsp3) is 0.268. The van der Waals surface area contributed by atoms with Crippen LogP contribution in [0.4, 0.5) is 0 Å². The second-order valence-corrected chi connectivity index (χ2v) is 18.5. The summed E-state index contributed by atoms with van der Waals surface area (Å²) in [4.78, 5) is 34.2. The first-order valence-electron chi connectivity index (χ1n) is 22.2. The van der Waals surface area contributed by atoms with Crippen molar-refractivity contribution in [2.45, 2.75) is 54.4 Å². The largest absolute Gasteiger partial charge is 0.354 e. The van der Waals surface area contributed by atoms with Gasteiger partial charge < -0.3 is 14.9 Å². The number of H-pyrrole nitrogens is 2. The summed E-state index contributed by atoms with van der Waals surface area (Å²) >= 11 is 0. The molecule has 2 aliphatic carbocycles. The Morgan fingerprint density at radius 3 is 1.63 bits per heavy atom. The third kappa shape index (κ3) is 6.04. The molecular formula is C56H51N5O. The van der Waals surface area contributed by atoms with Crippen molar-refractivity contribution in [3.8, 4) is 45.2 Å². The number of nitrogens with one attached hydrogen (secondary N) is 2. The molecule has 62 heavy (non-hydrogen) atoms. The number of likely N-dealkylation sites (tertiary alicyclic amines) is 1. The average Bonchev–Trinajstić information content (AvgIpc) is 4.11. The fourth-order valence-electron chi connectivity index (χ4n) is 12.1. The Bertz CT molecular complexity index is 3100. The molecule has 6 aromatic rings. The number of aromatic amines is 2. The summed E-state index contributed by atoms with van der Waals surface area (Å²) in [6.07, 6.45) is 10.9. The maximum absolute atomic E-state index is 13.4. The van der Waals surface area contributed by atoms with Gasteiger partial charge in [0.05, 0.1) is 33.9 Å². The van der Waals surface area contributed by atoms with Gasteiger partial charge in [0.15, 0.2) is 0 Å². The number of carbonyl (C=O) groups excluding carboxylic acids is 1. The van der Waals surface area contributed by atoms with Crippen molar-refractivity contribution in [2.75, 3.05) is 13.6 Å². The number of hydrogen-bond acceptors (Lipinski definition) is 3. The summed E-state index contributed by atoms with van der Waals surface area (Å²) in [7, 11) is 1.97. The Morgan fingerprint density at radius 1 is 0.565 bits per heavy atom. The van der Waals surface area contributed by atoms with Crippen molar-refractivity contribution in [2.24, 2.45) is 29.6 Å². The smallest absolute Gasteiger partial charge is 0.226 e. The maximum Gasteiger partial charge on any atom is 0.226 e. The van der Waals surface area contributed by atoms with Gasteiger partial charge in [0.2, 0.25) is 5.91 Å². The summed E-state index contributed by atoms with van der Waals surface area (Å²) in [6, 6.07) is 28.4.